The van der Waals surface area contributed by atoms with Crippen LogP contribution in [-0.4, -0.2) is 30.7 Å². The number of nitrogens with zero attached hydrogens (tertiary/aromatic N) is 3. The molecule has 0 saturated carbocycles. The maximum atomic E-state index is 13.7. The molecule has 0 unspecified atom stereocenters. The van der Waals surface area contributed by atoms with Gasteiger partial charge < -0.3 is 15.1 Å². The van der Waals surface area contributed by atoms with Gasteiger partial charge in [-0.1, -0.05) is 6.07 Å². The predicted molar refractivity (Wildman–Crippen MR) is 78.9 cm³/mol. The van der Waals surface area contributed by atoms with Gasteiger partial charge in [-0.15, -0.1) is 10.2 Å². The van der Waals surface area contributed by atoms with Crippen molar-refractivity contribution < 1.29 is 23.5 Å². The number of aryl methyl sites for hydroxylation is 1. The van der Waals surface area contributed by atoms with Crippen LogP contribution in [0.5, 0.6) is 0 Å². The van der Waals surface area contributed by atoms with Crippen molar-refractivity contribution in [3.8, 4) is 0 Å². The molecule has 0 bridgehead atoms. The van der Waals surface area contributed by atoms with E-state index in [-0.39, 0.29) is 16.0 Å². The zero-order chi connectivity index (χ0) is 16.5. The highest BCUT2D eigenvalue weighted by molar-refractivity contribution is 9.10. The van der Waals surface area contributed by atoms with Crippen LogP contribution in [0.15, 0.2) is 22.8 Å². The highest BCUT2D eigenvalue weighted by Crippen LogP contribution is 2.36. The van der Waals surface area contributed by atoms with Crippen molar-refractivity contribution in [3.05, 3.63) is 39.9 Å². The second-order valence-corrected chi connectivity index (χ2v) is 6.82. The van der Waals surface area contributed by atoms with Crippen molar-refractivity contribution in [1.29, 1.82) is 0 Å². The summed E-state index contributed by atoms with van der Waals surface area (Å²) in [6, 6.07) is 4.28. The van der Waals surface area contributed by atoms with E-state index in [4.69, 9.17) is 9.79 Å². The number of hydrogen-bond donors (Lipinski definition) is 3. The minimum Gasteiger partial charge on any atom is -0.323 e. The van der Waals surface area contributed by atoms with Gasteiger partial charge in [0.15, 0.2) is 16.6 Å². The van der Waals surface area contributed by atoms with Crippen LogP contribution >= 0.6 is 23.5 Å². The van der Waals surface area contributed by atoms with Crippen molar-refractivity contribution in [1.82, 2.24) is 15.0 Å². The summed E-state index contributed by atoms with van der Waals surface area (Å²) in [5.74, 6) is -1.36. The lowest BCUT2D eigenvalue weighted by molar-refractivity contribution is 0.102. The Balaban J connectivity index is 2.21. The average molecular weight is 393 g/mol. The van der Waals surface area contributed by atoms with Gasteiger partial charge in [-0.3, -0.25) is 9.36 Å². The summed E-state index contributed by atoms with van der Waals surface area (Å²) in [6.45, 7) is 1.71. The maximum absolute atomic E-state index is 13.7. The van der Waals surface area contributed by atoms with Crippen molar-refractivity contribution in [2.45, 2.75) is 13.2 Å². The van der Waals surface area contributed by atoms with E-state index in [0.717, 1.165) is 0 Å². The van der Waals surface area contributed by atoms with Gasteiger partial charge in [0.2, 0.25) is 0 Å². The van der Waals surface area contributed by atoms with E-state index < -0.39 is 25.6 Å². The SMILES string of the molecule is Cc1ccc(NC(=O)c2nn(CP(=O)(O)O)nc2Br)c(F)c1. The fourth-order valence-electron chi connectivity index (χ4n) is 1.60. The van der Waals surface area contributed by atoms with Crippen LogP contribution in [0.2, 0.25) is 0 Å². The van der Waals surface area contributed by atoms with Crippen LogP contribution in [0.1, 0.15) is 16.1 Å². The van der Waals surface area contributed by atoms with Gasteiger partial charge in [0.1, 0.15) is 5.82 Å². The van der Waals surface area contributed by atoms with Crippen LogP contribution in [0.4, 0.5) is 10.1 Å². The van der Waals surface area contributed by atoms with Crippen LogP contribution in [0.3, 0.4) is 0 Å². The zero-order valence-corrected chi connectivity index (χ0v) is 13.7. The van der Waals surface area contributed by atoms with Gasteiger partial charge in [0.05, 0.1) is 5.69 Å². The molecule has 8 nitrogen and oxygen atoms in total. The predicted octanol–water partition coefficient (Wildman–Crippen LogP) is 1.88. The number of carbonyl (C=O) groups excluding carboxylic acids is 1. The molecular formula is C11H11BrFN4O4P. The van der Waals surface area contributed by atoms with Gasteiger partial charge in [-0.05, 0) is 40.5 Å². The molecule has 0 fully saturated rings. The number of carbonyl (C=O) groups is 1. The van der Waals surface area contributed by atoms with E-state index in [1.165, 1.54) is 12.1 Å². The molecule has 0 aliphatic rings. The van der Waals surface area contributed by atoms with Crippen molar-refractivity contribution in [2.75, 3.05) is 5.32 Å². The van der Waals surface area contributed by atoms with Gasteiger partial charge in [-0.25, -0.2) is 4.39 Å². The lowest BCUT2D eigenvalue weighted by Crippen LogP contribution is -2.15. The molecule has 1 amide bonds. The summed E-state index contributed by atoms with van der Waals surface area (Å²) in [7, 11) is -4.38. The number of aromatic nitrogens is 3. The Bertz CT molecular complexity index is 775. The summed E-state index contributed by atoms with van der Waals surface area (Å²) >= 11 is 2.97. The van der Waals surface area contributed by atoms with E-state index in [9.17, 15) is 13.8 Å². The first-order chi connectivity index (χ1) is 10.2. The number of amides is 1. The van der Waals surface area contributed by atoms with E-state index in [1.807, 2.05) is 0 Å². The standard InChI is InChI=1S/C11H11BrFN4O4P/c1-6-2-3-8(7(13)4-6)14-11(18)9-10(12)16-17(15-9)5-22(19,20)21/h2-4H,5H2,1H3,(H,14,18)(H2,19,20,21). The smallest absolute Gasteiger partial charge is 0.323 e. The summed E-state index contributed by atoms with van der Waals surface area (Å²) in [5.41, 5.74) is 0.449. The highest BCUT2D eigenvalue weighted by atomic mass is 79.9. The second-order valence-electron chi connectivity index (χ2n) is 4.46. The molecule has 1 heterocycles. The fourth-order valence-corrected chi connectivity index (χ4v) is 2.50. The summed E-state index contributed by atoms with van der Waals surface area (Å²) < 4.78 is 24.6. The molecule has 22 heavy (non-hydrogen) atoms. The molecule has 2 rings (SSSR count). The number of rotatable bonds is 4. The molecule has 3 N–H and O–H groups in total. The molecule has 0 radical (unpaired) electrons. The quantitative estimate of drug-likeness (QED) is 0.683. The molecule has 11 heteroatoms. The monoisotopic (exact) mass is 392 g/mol. The van der Waals surface area contributed by atoms with Gasteiger partial charge in [-0.2, -0.15) is 4.80 Å². The molecule has 1 aromatic heterocycles. The van der Waals surface area contributed by atoms with Crippen LogP contribution in [-0.2, 0) is 10.9 Å². The normalized spacial score (nSPS) is 11.5. The molecular weight excluding hydrogens is 382 g/mol. The topological polar surface area (TPSA) is 117 Å². The minimum absolute atomic E-state index is 0.00836. The van der Waals surface area contributed by atoms with E-state index >= 15 is 0 Å². The molecule has 0 saturated heterocycles. The van der Waals surface area contributed by atoms with E-state index in [1.54, 1.807) is 13.0 Å². The van der Waals surface area contributed by atoms with Crippen molar-refractivity contribution in [3.63, 3.8) is 0 Å². The maximum Gasteiger partial charge on any atom is 0.348 e. The number of halogens is 2. The Kier molecular flexibility index (Phi) is 4.76. The molecule has 0 atom stereocenters. The number of benzene rings is 1. The molecule has 0 aliphatic heterocycles. The third-order valence-electron chi connectivity index (χ3n) is 2.51. The molecule has 0 aliphatic carbocycles. The van der Waals surface area contributed by atoms with Crippen LogP contribution in [0.25, 0.3) is 0 Å². The Morgan fingerprint density at radius 2 is 2.14 bits per heavy atom. The zero-order valence-electron chi connectivity index (χ0n) is 11.2. The lowest BCUT2D eigenvalue weighted by atomic mass is 10.2. The van der Waals surface area contributed by atoms with Gasteiger partial charge in [0, 0.05) is 0 Å². The molecule has 118 valence electrons. The van der Waals surface area contributed by atoms with Crippen molar-refractivity contribution in [2.24, 2.45) is 0 Å². The number of hydrogen-bond acceptors (Lipinski definition) is 4. The van der Waals surface area contributed by atoms with Crippen molar-refractivity contribution >= 4 is 35.1 Å². The minimum atomic E-state index is -4.38. The summed E-state index contributed by atoms with van der Waals surface area (Å²) in [4.78, 5) is 30.4. The average Bonchev–Trinajstić information content (AvgIpc) is 2.71. The Morgan fingerprint density at radius 1 is 1.45 bits per heavy atom. The molecule has 1 aromatic carbocycles. The molecule has 0 spiro atoms. The second kappa shape index (κ2) is 6.25. The Morgan fingerprint density at radius 3 is 2.73 bits per heavy atom. The van der Waals surface area contributed by atoms with Crippen LogP contribution < -0.4 is 5.32 Å². The molecule has 2 aromatic rings. The third kappa shape index (κ3) is 4.20. The third-order valence-corrected chi connectivity index (χ3v) is 3.67. The number of anilines is 1. The van der Waals surface area contributed by atoms with E-state index in [2.05, 4.69) is 31.4 Å². The highest BCUT2D eigenvalue weighted by Gasteiger charge is 2.22. The van der Waals surface area contributed by atoms with Crippen LogP contribution in [0, 0.1) is 12.7 Å². The largest absolute Gasteiger partial charge is 0.348 e. The fraction of sp³-hybridized carbons (Fsp3) is 0.182. The summed E-state index contributed by atoms with van der Waals surface area (Å²) in [5, 5.41) is 9.66. The first kappa shape index (κ1) is 16.8. The van der Waals surface area contributed by atoms with Gasteiger partial charge >= 0.3 is 7.60 Å². The Hall–Kier alpha value is -1.61. The first-order valence-electron chi connectivity index (χ1n) is 5.88. The first-order valence-corrected chi connectivity index (χ1v) is 8.47. The lowest BCUT2D eigenvalue weighted by Gasteiger charge is -2.05. The summed E-state index contributed by atoms with van der Waals surface area (Å²) in [6.07, 6.45) is -0.766. The number of nitrogens with one attached hydrogen (secondary N) is 1. The van der Waals surface area contributed by atoms with Gasteiger partial charge in [0.25, 0.3) is 5.91 Å². The van der Waals surface area contributed by atoms with E-state index in [0.29, 0.717) is 10.4 Å². The Labute approximate surface area is 132 Å².